The van der Waals surface area contributed by atoms with Gasteiger partial charge in [0, 0.05) is 14.1 Å². The smallest absolute Gasteiger partial charge is 0.347 e. The lowest BCUT2D eigenvalue weighted by molar-refractivity contribution is -0.148. The van der Waals surface area contributed by atoms with Gasteiger partial charge in [0.05, 0.1) is 6.61 Å². The Kier molecular flexibility index (Phi) is 5.77. The molecule has 0 heterocycles. The molecule has 0 saturated heterocycles. The number of carbonyl (C=O) groups excluding carboxylic acids is 1. The van der Waals surface area contributed by atoms with Crippen molar-refractivity contribution in [2.24, 2.45) is 5.16 Å². The molecule has 12 heavy (non-hydrogen) atoms. The number of ether oxygens (including phenoxy) is 1. The standard InChI is InChI=1S/C7H14N2O3/c1-4-11-7(10)5-12-8-6-9(2)3/h6H,4-5H2,1-3H3/b8-6+. The highest BCUT2D eigenvalue weighted by Gasteiger charge is 1.99. The van der Waals surface area contributed by atoms with Crippen LogP contribution < -0.4 is 0 Å². The predicted molar refractivity (Wildman–Crippen MR) is 44.8 cm³/mol. The van der Waals surface area contributed by atoms with E-state index in [9.17, 15) is 4.79 Å². The van der Waals surface area contributed by atoms with Crippen molar-refractivity contribution < 1.29 is 14.4 Å². The number of hydrogen-bond donors (Lipinski definition) is 0. The van der Waals surface area contributed by atoms with Gasteiger partial charge in [0.2, 0.25) is 6.61 Å². The largest absolute Gasteiger partial charge is 0.463 e. The van der Waals surface area contributed by atoms with E-state index in [4.69, 9.17) is 0 Å². The maximum Gasteiger partial charge on any atom is 0.347 e. The molecule has 0 saturated carbocycles. The molecule has 0 aliphatic carbocycles. The van der Waals surface area contributed by atoms with Crippen LogP contribution in [0.2, 0.25) is 0 Å². The first-order valence-corrected chi connectivity index (χ1v) is 3.64. The van der Waals surface area contributed by atoms with Gasteiger partial charge < -0.3 is 14.5 Å². The van der Waals surface area contributed by atoms with Crippen LogP contribution in [-0.2, 0) is 14.4 Å². The summed E-state index contributed by atoms with van der Waals surface area (Å²) in [6.45, 7) is 1.96. The molecular formula is C7H14N2O3. The van der Waals surface area contributed by atoms with Crippen molar-refractivity contribution in [2.75, 3.05) is 27.3 Å². The summed E-state index contributed by atoms with van der Waals surface area (Å²) in [5, 5.41) is 3.49. The van der Waals surface area contributed by atoms with E-state index in [2.05, 4.69) is 14.7 Å². The first kappa shape index (κ1) is 10.7. The molecule has 0 bridgehead atoms. The fourth-order valence-corrected chi connectivity index (χ4v) is 0.420. The lowest BCUT2D eigenvalue weighted by Crippen LogP contribution is -2.12. The van der Waals surface area contributed by atoms with Crippen molar-refractivity contribution in [3.05, 3.63) is 0 Å². The van der Waals surface area contributed by atoms with Gasteiger partial charge in [-0.3, -0.25) is 0 Å². The zero-order chi connectivity index (χ0) is 9.40. The highest BCUT2D eigenvalue weighted by atomic mass is 16.7. The third kappa shape index (κ3) is 6.85. The molecule has 0 radical (unpaired) electrons. The van der Waals surface area contributed by atoms with Gasteiger partial charge >= 0.3 is 5.97 Å². The third-order valence-corrected chi connectivity index (χ3v) is 0.840. The summed E-state index contributed by atoms with van der Waals surface area (Å²) in [6, 6.07) is 0. The molecule has 0 fully saturated rings. The van der Waals surface area contributed by atoms with Crippen LogP contribution in [0.15, 0.2) is 5.16 Å². The Morgan fingerprint density at radius 3 is 2.75 bits per heavy atom. The van der Waals surface area contributed by atoms with Crippen molar-refractivity contribution >= 4 is 12.3 Å². The summed E-state index contributed by atoms with van der Waals surface area (Å²) in [5.74, 6) is -0.409. The highest BCUT2D eigenvalue weighted by Crippen LogP contribution is 1.81. The first-order valence-electron chi connectivity index (χ1n) is 3.64. The van der Waals surface area contributed by atoms with Crippen LogP contribution in [0.3, 0.4) is 0 Å². The van der Waals surface area contributed by atoms with Gasteiger partial charge in [0.25, 0.3) is 0 Å². The lowest BCUT2D eigenvalue weighted by atomic mass is 10.7. The summed E-state index contributed by atoms with van der Waals surface area (Å²) in [7, 11) is 3.61. The highest BCUT2D eigenvalue weighted by molar-refractivity contribution is 5.70. The summed E-state index contributed by atoms with van der Waals surface area (Å²) >= 11 is 0. The second kappa shape index (κ2) is 6.45. The van der Waals surface area contributed by atoms with Crippen LogP contribution in [0.25, 0.3) is 0 Å². The number of nitrogens with zero attached hydrogens (tertiary/aromatic N) is 2. The molecule has 0 N–H and O–H groups in total. The van der Waals surface area contributed by atoms with Crippen LogP contribution in [0, 0.1) is 0 Å². The average molecular weight is 174 g/mol. The summed E-state index contributed by atoms with van der Waals surface area (Å²) in [5.41, 5.74) is 0. The van der Waals surface area contributed by atoms with Crippen LogP contribution in [0.1, 0.15) is 6.92 Å². The van der Waals surface area contributed by atoms with Gasteiger partial charge in [-0.2, -0.15) is 0 Å². The van der Waals surface area contributed by atoms with Crippen LogP contribution >= 0.6 is 0 Å². The fraction of sp³-hybridized carbons (Fsp3) is 0.714. The molecule has 70 valence electrons. The maximum absolute atomic E-state index is 10.7. The first-order chi connectivity index (χ1) is 5.66. The molecular weight excluding hydrogens is 160 g/mol. The number of esters is 1. The van der Waals surface area contributed by atoms with E-state index in [0.29, 0.717) is 6.61 Å². The Morgan fingerprint density at radius 2 is 2.25 bits per heavy atom. The molecule has 0 spiro atoms. The minimum atomic E-state index is -0.409. The van der Waals surface area contributed by atoms with E-state index in [1.54, 1.807) is 25.9 Å². The monoisotopic (exact) mass is 174 g/mol. The van der Waals surface area contributed by atoms with E-state index < -0.39 is 5.97 Å². The minimum absolute atomic E-state index is 0.141. The van der Waals surface area contributed by atoms with Gasteiger partial charge in [0.1, 0.15) is 6.34 Å². The quantitative estimate of drug-likeness (QED) is 0.256. The topological polar surface area (TPSA) is 51.1 Å². The van der Waals surface area contributed by atoms with Gasteiger partial charge in [-0.1, -0.05) is 5.16 Å². The van der Waals surface area contributed by atoms with E-state index in [-0.39, 0.29) is 6.61 Å². The van der Waals surface area contributed by atoms with E-state index in [1.807, 2.05) is 0 Å². The average Bonchev–Trinajstić information content (AvgIpc) is 1.98. The van der Waals surface area contributed by atoms with Crippen LogP contribution in [0.5, 0.6) is 0 Å². The van der Waals surface area contributed by atoms with Crippen molar-refractivity contribution in [3.8, 4) is 0 Å². The summed E-state index contributed by atoms with van der Waals surface area (Å²) < 4.78 is 4.60. The molecule has 0 aliphatic rings. The maximum atomic E-state index is 10.7. The number of hydrogen-bond acceptors (Lipinski definition) is 4. The molecule has 5 nitrogen and oxygen atoms in total. The Labute approximate surface area is 71.9 Å². The molecule has 0 aromatic rings. The van der Waals surface area contributed by atoms with E-state index in [1.165, 1.54) is 6.34 Å². The van der Waals surface area contributed by atoms with E-state index in [0.717, 1.165) is 0 Å². The molecule has 0 aromatic heterocycles. The SMILES string of the molecule is CCOC(=O)CO/N=C/N(C)C. The van der Waals surface area contributed by atoms with Gasteiger partial charge in [-0.25, -0.2) is 4.79 Å². The molecule has 0 amide bonds. The summed E-state index contributed by atoms with van der Waals surface area (Å²) in [6.07, 6.45) is 1.46. The van der Waals surface area contributed by atoms with Crippen molar-refractivity contribution in [1.29, 1.82) is 0 Å². The van der Waals surface area contributed by atoms with Crippen molar-refractivity contribution in [1.82, 2.24) is 4.90 Å². The number of rotatable bonds is 5. The van der Waals surface area contributed by atoms with Gasteiger partial charge in [-0.15, -0.1) is 0 Å². The molecule has 0 unspecified atom stereocenters. The fourth-order valence-electron chi connectivity index (χ4n) is 0.420. The zero-order valence-corrected chi connectivity index (χ0v) is 7.61. The molecule has 5 heteroatoms. The molecule has 0 aliphatic heterocycles. The number of oxime groups is 1. The Bertz CT molecular complexity index is 157. The van der Waals surface area contributed by atoms with Crippen LogP contribution in [-0.4, -0.2) is 44.5 Å². The van der Waals surface area contributed by atoms with Gasteiger partial charge in [0.15, 0.2) is 0 Å². The van der Waals surface area contributed by atoms with Crippen molar-refractivity contribution in [3.63, 3.8) is 0 Å². The van der Waals surface area contributed by atoms with Crippen LogP contribution in [0.4, 0.5) is 0 Å². The normalized spacial score (nSPS) is 9.92. The summed E-state index contributed by atoms with van der Waals surface area (Å²) in [4.78, 5) is 17.0. The molecule has 0 rings (SSSR count). The number of carbonyl (C=O) groups is 1. The Hall–Kier alpha value is -1.26. The molecule has 0 atom stereocenters. The Balaban J connectivity index is 3.36. The lowest BCUT2D eigenvalue weighted by Gasteiger charge is -2.02. The van der Waals surface area contributed by atoms with Gasteiger partial charge in [-0.05, 0) is 6.92 Å². The predicted octanol–water partition coefficient (Wildman–Crippen LogP) is 0.0710. The van der Waals surface area contributed by atoms with Crippen molar-refractivity contribution in [2.45, 2.75) is 6.92 Å². The third-order valence-electron chi connectivity index (χ3n) is 0.840. The second-order valence-electron chi connectivity index (χ2n) is 2.26. The van der Waals surface area contributed by atoms with E-state index >= 15 is 0 Å². The molecule has 0 aromatic carbocycles. The second-order valence-corrected chi connectivity index (χ2v) is 2.26. The zero-order valence-electron chi connectivity index (χ0n) is 7.61. The Morgan fingerprint density at radius 1 is 1.58 bits per heavy atom. The minimum Gasteiger partial charge on any atom is -0.463 e.